The summed E-state index contributed by atoms with van der Waals surface area (Å²) >= 11 is 0. The van der Waals surface area contributed by atoms with E-state index in [1.807, 2.05) is 0 Å². The Morgan fingerprint density at radius 2 is 1.70 bits per heavy atom. The predicted molar refractivity (Wildman–Crippen MR) is 149 cm³/mol. The molecule has 0 aliphatic heterocycles. The molecular weight excluding hydrogens is 543 g/mol. The van der Waals surface area contributed by atoms with Crippen LogP contribution in [0.4, 0.5) is 13.2 Å². The highest BCUT2D eigenvalue weighted by Crippen LogP contribution is 2.23. The van der Waals surface area contributed by atoms with Gasteiger partial charge in [0.2, 0.25) is 5.91 Å². The zero-order chi connectivity index (χ0) is 30.0. The zero-order valence-corrected chi connectivity index (χ0v) is 24.6. The second kappa shape index (κ2) is 12.1. The monoisotopic (exact) mass is 579 g/mol. The van der Waals surface area contributed by atoms with Gasteiger partial charge in [-0.3, -0.25) is 14.2 Å². The number of benzene rings is 2. The van der Waals surface area contributed by atoms with E-state index in [1.54, 1.807) is 0 Å². The zero-order valence-electron chi connectivity index (χ0n) is 23.6. The normalized spacial score (nSPS) is 13.8. The van der Waals surface area contributed by atoms with Crippen LogP contribution in [0.15, 0.2) is 46.0 Å². The average molecular weight is 580 g/mol. The Hall–Kier alpha value is -3.22. The van der Waals surface area contributed by atoms with Crippen LogP contribution in [0.5, 0.6) is 0 Å². The van der Waals surface area contributed by atoms with Crippen LogP contribution in [0.2, 0.25) is 25.7 Å². The van der Waals surface area contributed by atoms with E-state index in [-0.39, 0.29) is 29.6 Å². The first-order valence-corrected chi connectivity index (χ1v) is 16.7. The van der Waals surface area contributed by atoms with Crippen molar-refractivity contribution in [1.82, 2.24) is 14.5 Å². The number of hydrogen-bond acceptors (Lipinski definition) is 5. The number of carbonyl (C=O) groups is 1. The minimum absolute atomic E-state index is 0.0158. The molecule has 2 N–H and O–H groups in total. The lowest BCUT2D eigenvalue weighted by atomic mass is 9.97. The van der Waals surface area contributed by atoms with Crippen molar-refractivity contribution in [2.45, 2.75) is 77.3 Å². The number of carbonyl (C=O) groups excluding carboxylic acids is 1. The lowest BCUT2D eigenvalue weighted by Crippen LogP contribution is -2.49. The van der Waals surface area contributed by atoms with Gasteiger partial charge < -0.3 is 15.2 Å². The van der Waals surface area contributed by atoms with E-state index in [0.29, 0.717) is 17.2 Å². The van der Waals surface area contributed by atoms with Crippen LogP contribution in [-0.4, -0.2) is 40.4 Å². The van der Waals surface area contributed by atoms with Gasteiger partial charge in [0.05, 0.1) is 22.5 Å². The van der Waals surface area contributed by atoms with Crippen molar-refractivity contribution < 1.29 is 27.8 Å². The molecule has 0 saturated heterocycles. The summed E-state index contributed by atoms with van der Waals surface area (Å²) in [5.74, 6) is -3.25. The van der Waals surface area contributed by atoms with Crippen molar-refractivity contribution >= 4 is 24.9 Å². The molecule has 8 nitrogen and oxygen atoms in total. The van der Waals surface area contributed by atoms with Crippen molar-refractivity contribution in [3.8, 4) is 0 Å². The minimum Gasteiger partial charge on any atom is -0.390 e. The third kappa shape index (κ3) is 7.70. The third-order valence-corrected chi connectivity index (χ3v) is 8.15. The molecule has 0 aliphatic carbocycles. The molecule has 3 aromatic rings. The number of nitrogens with one attached hydrogen (secondary N) is 1. The number of nitrogens with zero attached hydrogens (tertiary/aromatic N) is 2. The summed E-state index contributed by atoms with van der Waals surface area (Å²) in [4.78, 5) is 40.9. The highest BCUT2D eigenvalue weighted by Gasteiger charge is 2.33. The molecule has 1 aromatic heterocycles. The van der Waals surface area contributed by atoms with E-state index in [0.717, 1.165) is 28.8 Å². The largest absolute Gasteiger partial charge is 0.390 e. The first-order valence-electron chi connectivity index (χ1n) is 13.0. The topological polar surface area (TPSA) is 103 Å². The maximum atomic E-state index is 14.4. The molecule has 0 spiro atoms. The summed E-state index contributed by atoms with van der Waals surface area (Å²) in [6.45, 7) is 10.9. The first kappa shape index (κ1) is 31.3. The molecule has 218 valence electrons. The molecule has 12 heteroatoms. The fraction of sp³-hybridized carbons (Fsp3) is 0.464. The number of amides is 1. The van der Waals surface area contributed by atoms with E-state index in [2.05, 4.69) is 25.0 Å². The Morgan fingerprint density at radius 1 is 1.07 bits per heavy atom. The van der Waals surface area contributed by atoms with Gasteiger partial charge >= 0.3 is 5.69 Å². The Bertz CT molecular complexity index is 1510. The van der Waals surface area contributed by atoms with Crippen molar-refractivity contribution in [2.75, 3.05) is 6.61 Å². The SMILES string of the molecule is C[C@H](NC(=O)C(CC(C)(C)O)n1c(=O)c2cc(F)ccc2n(COCC[Si](C)(C)C)c1=O)c1ccc(F)cc1F. The highest BCUT2D eigenvalue weighted by molar-refractivity contribution is 6.76. The molecule has 1 amide bonds. The number of aliphatic hydroxyl groups is 1. The van der Waals surface area contributed by atoms with Gasteiger partial charge in [0.1, 0.15) is 30.2 Å². The standard InChI is InChI=1S/C28H36F3N3O5Si/c1-17(20-9-7-19(30)14-22(20)31)32-25(35)24(15-28(2,3)38)34-26(36)21-13-18(29)8-10-23(21)33(27(34)37)16-39-11-12-40(4,5)6/h7-10,13-14,17,24,38H,11-12,15-16H2,1-6H3,(H,32,35)/t17-,24?/m0/s1. The summed E-state index contributed by atoms with van der Waals surface area (Å²) in [5, 5.41) is 13.0. The van der Waals surface area contributed by atoms with Crippen LogP contribution in [0.3, 0.4) is 0 Å². The molecule has 1 heterocycles. The lowest BCUT2D eigenvalue weighted by molar-refractivity contribution is -0.127. The number of rotatable bonds is 11. The molecule has 3 rings (SSSR count). The van der Waals surface area contributed by atoms with Crippen LogP contribution in [0.25, 0.3) is 10.9 Å². The second-order valence-corrected chi connectivity index (χ2v) is 17.4. The first-order chi connectivity index (χ1) is 18.5. The van der Waals surface area contributed by atoms with Gasteiger partial charge in [0.15, 0.2) is 0 Å². The number of hydrogen-bond donors (Lipinski definition) is 2. The van der Waals surface area contributed by atoms with Gasteiger partial charge in [-0.05, 0) is 51.1 Å². The van der Waals surface area contributed by atoms with Crippen molar-refractivity contribution in [3.05, 3.63) is 80.3 Å². The number of halogens is 3. The number of aromatic nitrogens is 2. The average Bonchev–Trinajstić information content (AvgIpc) is 2.81. The third-order valence-electron chi connectivity index (χ3n) is 6.45. The predicted octanol–water partition coefficient (Wildman–Crippen LogP) is 4.47. The highest BCUT2D eigenvalue weighted by atomic mass is 28.3. The van der Waals surface area contributed by atoms with Crippen molar-refractivity contribution in [1.29, 1.82) is 0 Å². The van der Waals surface area contributed by atoms with Gasteiger partial charge in [-0.2, -0.15) is 0 Å². The fourth-order valence-corrected chi connectivity index (χ4v) is 5.07. The lowest BCUT2D eigenvalue weighted by Gasteiger charge is -2.28. The van der Waals surface area contributed by atoms with Crippen LogP contribution in [0.1, 0.15) is 44.8 Å². The molecule has 0 aliphatic rings. The van der Waals surface area contributed by atoms with E-state index in [4.69, 9.17) is 4.74 Å². The van der Waals surface area contributed by atoms with Crippen LogP contribution < -0.4 is 16.6 Å². The van der Waals surface area contributed by atoms with Gasteiger partial charge in [0, 0.05) is 32.7 Å². The maximum Gasteiger partial charge on any atom is 0.334 e. The molecular formula is C28H36F3N3O5Si. The van der Waals surface area contributed by atoms with Gasteiger partial charge in [-0.1, -0.05) is 25.7 Å². The van der Waals surface area contributed by atoms with Crippen LogP contribution in [0, 0.1) is 17.5 Å². The summed E-state index contributed by atoms with van der Waals surface area (Å²) in [5.41, 5.74) is -3.22. The van der Waals surface area contributed by atoms with E-state index in [1.165, 1.54) is 32.9 Å². The Morgan fingerprint density at radius 3 is 2.30 bits per heavy atom. The number of fused-ring (bicyclic) bond motifs is 1. The Kier molecular flexibility index (Phi) is 9.48. The van der Waals surface area contributed by atoms with Gasteiger partial charge in [-0.15, -0.1) is 0 Å². The second-order valence-electron chi connectivity index (χ2n) is 11.8. The molecule has 40 heavy (non-hydrogen) atoms. The van der Waals surface area contributed by atoms with E-state index in [9.17, 15) is 32.7 Å². The molecule has 0 bridgehead atoms. The summed E-state index contributed by atoms with van der Waals surface area (Å²) < 4.78 is 49.6. The molecule has 0 saturated carbocycles. The quantitative estimate of drug-likeness (QED) is 0.258. The summed E-state index contributed by atoms with van der Waals surface area (Å²) in [6.07, 6.45) is -0.371. The van der Waals surface area contributed by atoms with Crippen LogP contribution >= 0.6 is 0 Å². The molecule has 2 atom stereocenters. The smallest absolute Gasteiger partial charge is 0.334 e. The van der Waals surface area contributed by atoms with Crippen LogP contribution in [-0.2, 0) is 16.3 Å². The Balaban J connectivity index is 2.11. The summed E-state index contributed by atoms with van der Waals surface area (Å²) in [7, 11) is -1.45. The van der Waals surface area contributed by atoms with E-state index < -0.39 is 60.4 Å². The van der Waals surface area contributed by atoms with Gasteiger partial charge in [-0.25, -0.2) is 22.5 Å². The molecule has 2 aromatic carbocycles. The summed E-state index contributed by atoms with van der Waals surface area (Å²) in [6, 6.07) is 4.57. The molecule has 0 radical (unpaired) electrons. The van der Waals surface area contributed by atoms with Crippen molar-refractivity contribution in [2.24, 2.45) is 0 Å². The van der Waals surface area contributed by atoms with Gasteiger partial charge in [0.25, 0.3) is 5.56 Å². The molecule has 0 fully saturated rings. The minimum atomic E-state index is -1.55. The fourth-order valence-electron chi connectivity index (χ4n) is 4.31. The van der Waals surface area contributed by atoms with Crippen molar-refractivity contribution in [3.63, 3.8) is 0 Å². The molecule has 1 unspecified atom stereocenters. The maximum absolute atomic E-state index is 14.4. The van der Waals surface area contributed by atoms with E-state index >= 15 is 0 Å². The number of ether oxygens (including phenoxy) is 1. The Labute approximate surface area is 231 Å².